The highest BCUT2D eigenvalue weighted by Crippen LogP contribution is 2.22. The van der Waals surface area contributed by atoms with Crippen molar-refractivity contribution in [3.05, 3.63) is 42.7 Å². The van der Waals surface area contributed by atoms with Gasteiger partial charge in [0.05, 0.1) is 0 Å². The highest BCUT2D eigenvalue weighted by atomic mass is 16.5. The maximum Gasteiger partial charge on any atom is 0.258 e. The maximum atomic E-state index is 11.4. The minimum atomic E-state index is -0.205. The second kappa shape index (κ2) is 6.51. The van der Waals surface area contributed by atoms with Crippen LogP contribution in [0.25, 0.3) is 11.5 Å². The Morgan fingerprint density at radius 2 is 2.40 bits per heavy atom. The Morgan fingerprint density at radius 3 is 3.10 bits per heavy atom. The third-order valence-corrected chi connectivity index (χ3v) is 2.42. The lowest BCUT2D eigenvalue weighted by Crippen LogP contribution is -2.28. The van der Waals surface area contributed by atoms with Crippen molar-refractivity contribution < 1.29 is 14.1 Å². The van der Waals surface area contributed by atoms with Crippen LogP contribution in [-0.4, -0.2) is 29.2 Å². The standard InChI is InChI=1S/C14H15N3O3/c1-3-7-15-13(18)9-19-12-6-4-5-11(8-12)14-16-10(2)17-20-14/h3-6,8H,1,7,9H2,2H3,(H,15,18). The molecule has 0 radical (unpaired) electrons. The van der Waals surface area contributed by atoms with Crippen LogP contribution in [0, 0.1) is 6.92 Å². The molecule has 0 bridgehead atoms. The van der Waals surface area contributed by atoms with Gasteiger partial charge in [-0.15, -0.1) is 6.58 Å². The fourth-order valence-corrected chi connectivity index (χ4v) is 1.52. The van der Waals surface area contributed by atoms with Crippen LogP contribution in [0.1, 0.15) is 5.82 Å². The molecule has 2 rings (SSSR count). The molecule has 1 aromatic heterocycles. The monoisotopic (exact) mass is 273 g/mol. The number of hydrogen-bond donors (Lipinski definition) is 1. The number of ether oxygens (including phenoxy) is 1. The molecule has 0 spiro atoms. The molecule has 0 aliphatic rings. The van der Waals surface area contributed by atoms with Gasteiger partial charge in [-0.2, -0.15) is 4.98 Å². The number of amides is 1. The Kier molecular flexibility index (Phi) is 4.49. The molecule has 20 heavy (non-hydrogen) atoms. The second-order valence-electron chi connectivity index (χ2n) is 4.06. The second-order valence-corrected chi connectivity index (χ2v) is 4.06. The molecule has 0 atom stereocenters. The van der Waals surface area contributed by atoms with Crippen molar-refractivity contribution in [1.82, 2.24) is 15.5 Å². The van der Waals surface area contributed by atoms with Crippen LogP contribution in [0.5, 0.6) is 5.75 Å². The summed E-state index contributed by atoms with van der Waals surface area (Å²) in [7, 11) is 0. The van der Waals surface area contributed by atoms with Crippen molar-refractivity contribution in [3.63, 3.8) is 0 Å². The van der Waals surface area contributed by atoms with Crippen LogP contribution in [0.3, 0.4) is 0 Å². The van der Waals surface area contributed by atoms with Crippen molar-refractivity contribution in [2.24, 2.45) is 0 Å². The first-order chi connectivity index (χ1) is 9.69. The molecule has 1 N–H and O–H groups in total. The Labute approximate surface area is 116 Å². The fraction of sp³-hybridized carbons (Fsp3) is 0.214. The molecule has 0 saturated carbocycles. The maximum absolute atomic E-state index is 11.4. The summed E-state index contributed by atoms with van der Waals surface area (Å²) in [4.78, 5) is 15.5. The zero-order chi connectivity index (χ0) is 14.4. The Bertz CT molecular complexity index is 607. The molecule has 1 heterocycles. The minimum absolute atomic E-state index is 0.0554. The lowest BCUT2D eigenvalue weighted by atomic mass is 10.2. The molecule has 0 aliphatic heterocycles. The van der Waals surface area contributed by atoms with E-state index < -0.39 is 0 Å². The third kappa shape index (κ3) is 3.68. The predicted octanol–water partition coefficient (Wildman–Crippen LogP) is 1.73. The highest BCUT2D eigenvalue weighted by Gasteiger charge is 2.08. The average Bonchev–Trinajstić information content (AvgIpc) is 2.90. The van der Waals surface area contributed by atoms with Crippen LogP contribution < -0.4 is 10.1 Å². The van der Waals surface area contributed by atoms with Crippen LogP contribution in [0.2, 0.25) is 0 Å². The summed E-state index contributed by atoms with van der Waals surface area (Å²) >= 11 is 0. The summed E-state index contributed by atoms with van der Waals surface area (Å²) in [6.45, 7) is 5.63. The van der Waals surface area contributed by atoms with E-state index >= 15 is 0 Å². The molecule has 1 aromatic carbocycles. The zero-order valence-electron chi connectivity index (χ0n) is 11.1. The average molecular weight is 273 g/mol. The van der Waals surface area contributed by atoms with Gasteiger partial charge in [-0.1, -0.05) is 17.3 Å². The number of nitrogens with one attached hydrogen (secondary N) is 1. The van der Waals surface area contributed by atoms with Crippen molar-refractivity contribution in [2.75, 3.05) is 13.2 Å². The van der Waals surface area contributed by atoms with E-state index in [0.717, 1.165) is 5.56 Å². The lowest BCUT2D eigenvalue weighted by Gasteiger charge is -2.06. The molecule has 0 aliphatic carbocycles. The number of hydrogen-bond acceptors (Lipinski definition) is 5. The topological polar surface area (TPSA) is 77.2 Å². The number of aromatic nitrogens is 2. The van der Waals surface area contributed by atoms with Gasteiger partial charge in [-0.05, 0) is 25.1 Å². The van der Waals surface area contributed by atoms with Crippen LogP contribution in [0.4, 0.5) is 0 Å². The highest BCUT2D eigenvalue weighted by molar-refractivity contribution is 5.77. The normalized spacial score (nSPS) is 10.1. The van der Waals surface area contributed by atoms with E-state index in [1.54, 1.807) is 31.2 Å². The van der Waals surface area contributed by atoms with Crippen molar-refractivity contribution in [3.8, 4) is 17.2 Å². The summed E-state index contributed by atoms with van der Waals surface area (Å²) in [6, 6.07) is 7.13. The number of nitrogens with zero attached hydrogens (tertiary/aromatic N) is 2. The molecule has 1 amide bonds. The number of carbonyl (C=O) groups is 1. The molecule has 0 fully saturated rings. The number of benzene rings is 1. The molecule has 0 unspecified atom stereocenters. The minimum Gasteiger partial charge on any atom is -0.484 e. The summed E-state index contributed by atoms with van der Waals surface area (Å²) < 4.78 is 10.5. The van der Waals surface area contributed by atoms with Gasteiger partial charge in [-0.25, -0.2) is 0 Å². The first-order valence-electron chi connectivity index (χ1n) is 6.10. The molecular formula is C14H15N3O3. The fourth-order valence-electron chi connectivity index (χ4n) is 1.52. The molecule has 104 valence electrons. The van der Waals surface area contributed by atoms with Gasteiger partial charge < -0.3 is 14.6 Å². The van der Waals surface area contributed by atoms with Crippen molar-refractivity contribution >= 4 is 5.91 Å². The van der Waals surface area contributed by atoms with E-state index in [1.165, 1.54) is 0 Å². The van der Waals surface area contributed by atoms with E-state index in [-0.39, 0.29) is 12.5 Å². The molecule has 6 nitrogen and oxygen atoms in total. The predicted molar refractivity (Wildman–Crippen MR) is 73.2 cm³/mol. The van der Waals surface area contributed by atoms with Gasteiger partial charge in [-0.3, -0.25) is 4.79 Å². The summed E-state index contributed by atoms with van der Waals surface area (Å²) in [5, 5.41) is 6.36. The smallest absolute Gasteiger partial charge is 0.258 e. The molecule has 2 aromatic rings. The molecule has 0 saturated heterocycles. The van der Waals surface area contributed by atoms with Crippen LogP contribution in [0.15, 0.2) is 41.4 Å². The first kappa shape index (κ1) is 13.8. The van der Waals surface area contributed by atoms with E-state index in [2.05, 4.69) is 22.0 Å². The summed E-state index contributed by atoms with van der Waals surface area (Å²) in [6.07, 6.45) is 1.61. The molecule has 6 heteroatoms. The quantitative estimate of drug-likeness (QED) is 0.811. The SMILES string of the molecule is C=CCNC(=O)COc1cccc(-c2nc(C)no2)c1. The van der Waals surface area contributed by atoms with E-state index in [1.807, 2.05) is 6.07 Å². The first-order valence-corrected chi connectivity index (χ1v) is 6.10. The van der Waals surface area contributed by atoms with Crippen LogP contribution >= 0.6 is 0 Å². The van der Waals surface area contributed by atoms with Crippen molar-refractivity contribution in [2.45, 2.75) is 6.92 Å². The van der Waals surface area contributed by atoms with Gasteiger partial charge >= 0.3 is 0 Å². The molecular weight excluding hydrogens is 258 g/mol. The van der Waals surface area contributed by atoms with E-state index in [9.17, 15) is 4.79 Å². The zero-order valence-corrected chi connectivity index (χ0v) is 11.1. The third-order valence-electron chi connectivity index (χ3n) is 2.42. The lowest BCUT2D eigenvalue weighted by molar-refractivity contribution is -0.122. The number of aryl methyl sites for hydroxylation is 1. The largest absolute Gasteiger partial charge is 0.484 e. The van der Waals surface area contributed by atoms with Crippen LogP contribution in [-0.2, 0) is 4.79 Å². The van der Waals surface area contributed by atoms with Crippen molar-refractivity contribution in [1.29, 1.82) is 0 Å². The number of carbonyl (C=O) groups excluding carboxylic acids is 1. The summed E-state index contributed by atoms with van der Waals surface area (Å²) in [5.41, 5.74) is 0.745. The summed E-state index contributed by atoms with van der Waals surface area (Å²) in [5.74, 6) is 1.34. The van der Waals surface area contributed by atoms with Gasteiger partial charge in [0.15, 0.2) is 12.4 Å². The van der Waals surface area contributed by atoms with Gasteiger partial charge in [0, 0.05) is 12.1 Å². The van der Waals surface area contributed by atoms with E-state index in [4.69, 9.17) is 9.26 Å². The van der Waals surface area contributed by atoms with Gasteiger partial charge in [0.1, 0.15) is 5.75 Å². The Hall–Kier alpha value is -2.63. The number of rotatable bonds is 6. The Balaban J connectivity index is 1.99. The van der Waals surface area contributed by atoms with Gasteiger partial charge in [0.2, 0.25) is 0 Å². The van der Waals surface area contributed by atoms with E-state index in [0.29, 0.717) is 24.0 Å². The Morgan fingerprint density at radius 1 is 1.55 bits per heavy atom. The van der Waals surface area contributed by atoms with Gasteiger partial charge in [0.25, 0.3) is 11.8 Å².